The van der Waals surface area contributed by atoms with Crippen LogP contribution in [0.3, 0.4) is 0 Å². The fraction of sp³-hybridized carbons (Fsp3) is 0.154. The van der Waals surface area contributed by atoms with Crippen molar-refractivity contribution in [3.63, 3.8) is 0 Å². The Balaban J connectivity index is 2.14. The SMILES string of the molecule is CSc1ncc(C#N)c(NCc2ccc(Cl)cc2)n1. The lowest BCUT2D eigenvalue weighted by molar-refractivity contribution is 0.949. The number of benzene rings is 1. The average Bonchev–Trinajstić information content (AvgIpc) is 2.46. The number of hydrogen-bond acceptors (Lipinski definition) is 5. The van der Waals surface area contributed by atoms with Gasteiger partial charge in [0.05, 0.1) is 6.20 Å². The molecule has 0 aliphatic carbocycles. The van der Waals surface area contributed by atoms with E-state index in [4.69, 9.17) is 16.9 Å². The molecular weight excluding hydrogens is 280 g/mol. The number of nitrogens with one attached hydrogen (secondary N) is 1. The normalized spacial score (nSPS) is 9.95. The van der Waals surface area contributed by atoms with Crippen molar-refractivity contribution < 1.29 is 0 Å². The third kappa shape index (κ3) is 3.60. The minimum Gasteiger partial charge on any atom is -0.365 e. The second-order valence-electron chi connectivity index (χ2n) is 3.71. The molecule has 0 amide bonds. The highest BCUT2D eigenvalue weighted by Crippen LogP contribution is 2.17. The van der Waals surface area contributed by atoms with Crippen molar-refractivity contribution in [2.45, 2.75) is 11.7 Å². The lowest BCUT2D eigenvalue weighted by Crippen LogP contribution is -2.05. The van der Waals surface area contributed by atoms with Gasteiger partial charge in [0.2, 0.25) is 0 Å². The lowest BCUT2D eigenvalue weighted by Gasteiger charge is -2.08. The van der Waals surface area contributed by atoms with E-state index in [-0.39, 0.29) is 0 Å². The Labute approximate surface area is 120 Å². The number of nitriles is 1. The Morgan fingerprint density at radius 1 is 1.37 bits per heavy atom. The molecule has 96 valence electrons. The Hall–Kier alpha value is -1.77. The summed E-state index contributed by atoms with van der Waals surface area (Å²) in [6.45, 7) is 0.580. The summed E-state index contributed by atoms with van der Waals surface area (Å²) in [7, 11) is 0. The lowest BCUT2D eigenvalue weighted by atomic mass is 10.2. The highest BCUT2D eigenvalue weighted by Gasteiger charge is 2.06. The average molecular weight is 291 g/mol. The Morgan fingerprint density at radius 2 is 2.11 bits per heavy atom. The van der Waals surface area contributed by atoms with E-state index in [0.29, 0.717) is 28.1 Å². The van der Waals surface area contributed by atoms with E-state index in [2.05, 4.69) is 21.4 Å². The van der Waals surface area contributed by atoms with Crippen LogP contribution in [0.5, 0.6) is 0 Å². The number of halogens is 1. The van der Waals surface area contributed by atoms with E-state index in [9.17, 15) is 0 Å². The van der Waals surface area contributed by atoms with Crippen molar-refractivity contribution in [3.05, 3.63) is 46.6 Å². The van der Waals surface area contributed by atoms with Crippen LogP contribution in [0.1, 0.15) is 11.1 Å². The number of thioether (sulfide) groups is 1. The molecule has 0 aliphatic rings. The Bertz CT molecular complexity index is 607. The first-order valence-corrected chi connectivity index (χ1v) is 7.12. The zero-order chi connectivity index (χ0) is 13.7. The van der Waals surface area contributed by atoms with Crippen molar-refractivity contribution in [1.29, 1.82) is 5.26 Å². The third-order valence-corrected chi connectivity index (χ3v) is 3.26. The predicted molar refractivity (Wildman–Crippen MR) is 77.3 cm³/mol. The minimum absolute atomic E-state index is 0.437. The van der Waals surface area contributed by atoms with E-state index in [0.717, 1.165) is 5.56 Å². The number of hydrogen-bond donors (Lipinski definition) is 1. The molecule has 0 spiro atoms. The number of nitrogens with zero attached hydrogens (tertiary/aromatic N) is 3. The van der Waals surface area contributed by atoms with E-state index in [1.165, 1.54) is 18.0 Å². The molecule has 1 N–H and O–H groups in total. The molecule has 1 heterocycles. The van der Waals surface area contributed by atoms with Crippen LogP contribution in [-0.2, 0) is 6.54 Å². The molecule has 0 bridgehead atoms. The van der Waals surface area contributed by atoms with Crippen LogP contribution in [0.4, 0.5) is 5.82 Å². The summed E-state index contributed by atoms with van der Waals surface area (Å²) >= 11 is 7.27. The van der Waals surface area contributed by atoms with Gasteiger partial charge in [-0.15, -0.1) is 0 Å². The Morgan fingerprint density at radius 3 is 2.74 bits per heavy atom. The van der Waals surface area contributed by atoms with Crippen molar-refractivity contribution in [2.75, 3.05) is 11.6 Å². The van der Waals surface area contributed by atoms with Crippen LogP contribution in [0.25, 0.3) is 0 Å². The van der Waals surface area contributed by atoms with Gasteiger partial charge in [0.25, 0.3) is 0 Å². The summed E-state index contributed by atoms with van der Waals surface area (Å²) in [4.78, 5) is 8.35. The fourth-order valence-corrected chi connectivity index (χ4v) is 1.94. The van der Waals surface area contributed by atoms with Crippen molar-refractivity contribution in [2.24, 2.45) is 0 Å². The van der Waals surface area contributed by atoms with Gasteiger partial charge in [0, 0.05) is 11.6 Å². The van der Waals surface area contributed by atoms with Gasteiger partial charge in [0.15, 0.2) is 5.16 Å². The van der Waals surface area contributed by atoms with Gasteiger partial charge in [-0.3, -0.25) is 0 Å². The first kappa shape index (κ1) is 13.7. The standard InChI is InChI=1S/C13H11ClN4S/c1-19-13-17-8-10(6-15)12(18-13)16-7-9-2-4-11(14)5-3-9/h2-5,8H,7H2,1H3,(H,16,17,18). The van der Waals surface area contributed by atoms with Crippen LogP contribution in [0.15, 0.2) is 35.6 Å². The summed E-state index contributed by atoms with van der Waals surface area (Å²) in [6.07, 6.45) is 3.42. The van der Waals surface area contributed by atoms with Crippen molar-refractivity contribution in [1.82, 2.24) is 9.97 Å². The molecule has 0 fully saturated rings. The predicted octanol–water partition coefficient (Wildman–Crippen LogP) is 3.34. The molecular formula is C13H11ClN4S. The monoisotopic (exact) mass is 290 g/mol. The van der Waals surface area contributed by atoms with E-state index >= 15 is 0 Å². The second kappa shape index (κ2) is 6.41. The molecule has 6 heteroatoms. The number of rotatable bonds is 4. The zero-order valence-electron chi connectivity index (χ0n) is 10.2. The van der Waals surface area contributed by atoms with Gasteiger partial charge in [-0.05, 0) is 24.0 Å². The maximum absolute atomic E-state index is 9.02. The first-order valence-electron chi connectivity index (χ1n) is 5.52. The zero-order valence-corrected chi connectivity index (χ0v) is 11.8. The summed E-state index contributed by atoms with van der Waals surface area (Å²) in [5.41, 5.74) is 1.50. The molecule has 0 radical (unpaired) electrons. The van der Waals surface area contributed by atoms with Gasteiger partial charge >= 0.3 is 0 Å². The molecule has 1 aromatic heterocycles. The molecule has 4 nitrogen and oxygen atoms in total. The van der Waals surface area contributed by atoms with E-state index in [1.807, 2.05) is 30.5 Å². The van der Waals surface area contributed by atoms with Crippen molar-refractivity contribution in [3.8, 4) is 6.07 Å². The fourth-order valence-electron chi connectivity index (χ4n) is 1.47. The molecule has 2 rings (SSSR count). The summed E-state index contributed by atoms with van der Waals surface area (Å²) < 4.78 is 0. The smallest absolute Gasteiger partial charge is 0.189 e. The van der Waals surface area contributed by atoms with Crippen LogP contribution >= 0.6 is 23.4 Å². The van der Waals surface area contributed by atoms with Gasteiger partial charge in [-0.1, -0.05) is 35.5 Å². The van der Waals surface area contributed by atoms with Crippen LogP contribution in [0.2, 0.25) is 5.02 Å². The first-order chi connectivity index (χ1) is 9.22. The van der Waals surface area contributed by atoms with Crippen molar-refractivity contribution >= 4 is 29.2 Å². The molecule has 0 saturated heterocycles. The van der Waals surface area contributed by atoms with Gasteiger partial charge in [-0.2, -0.15) is 5.26 Å². The molecule has 2 aromatic rings. The van der Waals surface area contributed by atoms with Gasteiger partial charge < -0.3 is 5.32 Å². The molecule has 0 atom stereocenters. The molecule has 1 aromatic carbocycles. The summed E-state index contributed by atoms with van der Waals surface area (Å²) in [5.74, 6) is 0.553. The summed E-state index contributed by atoms with van der Waals surface area (Å²) in [6, 6.07) is 9.59. The number of aromatic nitrogens is 2. The second-order valence-corrected chi connectivity index (χ2v) is 4.92. The quantitative estimate of drug-likeness (QED) is 0.691. The van der Waals surface area contributed by atoms with Crippen LogP contribution in [0, 0.1) is 11.3 Å². The molecule has 19 heavy (non-hydrogen) atoms. The van der Waals surface area contributed by atoms with Crippen LogP contribution < -0.4 is 5.32 Å². The largest absolute Gasteiger partial charge is 0.365 e. The maximum Gasteiger partial charge on any atom is 0.189 e. The minimum atomic E-state index is 0.437. The highest BCUT2D eigenvalue weighted by molar-refractivity contribution is 7.98. The third-order valence-electron chi connectivity index (χ3n) is 2.44. The topological polar surface area (TPSA) is 61.6 Å². The molecule has 0 saturated carbocycles. The molecule has 0 aliphatic heterocycles. The molecule has 0 unspecified atom stereocenters. The van der Waals surface area contributed by atoms with Gasteiger partial charge in [-0.25, -0.2) is 9.97 Å². The number of anilines is 1. The summed E-state index contributed by atoms with van der Waals surface area (Å²) in [5, 5.41) is 13.5. The van der Waals surface area contributed by atoms with Crippen LogP contribution in [-0.4, -0.2) is 16.2 Å². The highest BCUT2D eigenvalue weighted by atomic mass is 35.5. The Kier molecular flexibility index (Phi) is 4.61. The van der Waals surface area contributed by atoms with E-state index < -0.39 is 0 Å². The van der Waals surface area contributed by atoms with Gasteiger partial charge in [0.1, 0.15) is 17.5 Å². The van der Waals surface area contributed by atoms with E-state index in [1.54, 1.807) is 0 Å². The maximum atomic E-state index is 9.02.